The molecular formula is C24H36N10O5S. The molecule has 5 heterocycles. The zero-order valence-corrected chi connectivity index (χ0v) is 23.4. The van der Waals surface area contributed by atoms with Crippen molar-refractivity contribution in [3.05, 3.63) is 16.9 Å². The van der Waals surface area contributed by atoms with Crippen LogP contribution in [0, 0.1) is 11.8 Å². The van der Waals surface area contributed by atoms with Crippen LogP contribution in [0.1, 0.15) is 20.3 Å². The van der Waals surface area contributed by atoms with E-state index < -0.39 is 17.9 Å². The molecule has 40 heavy (non-hydrogen) atoms. The molecule has 3 saturated heterocycles. The van der Waals surface area contributed by atoms with Crippen molar-refractivity contribution < 1.29 is 24.3 Å². The maximum Gasteiger partial charge on any atom is 0.353 e. The first-order valence-corrected chi connectivity index (χ1v) is 14.5. The van der Waals surface area contributed by atoms with E-state index in [-0.39, 0.29) is 53.2 Å². The van der Waals surface area contributed by atoms with Gasteiger partial charge in [-0.1, -0.05) is 6.92 Å². The van der Waals surface area contributed by atoms with E-state index in [0.29, 0.717) is 37.5 Å². The van der Waals surface area contributed by atoms with Gasteiger partial charge in [-0.05, 0) is 23.8 Å². The molecule has 0 aliphatic carbocycles. The number of aliphatic carboxylic acids is 1. The van der Waals surface area contributed by atoms with Crippen LogP contribution in [0.2, 0.25) is 0 Å². The average molecular weight is 577 g/mol. The van der Waals surface area contributed by atoms with Crippen LogP contribution in [-0.4, -0.2) is 133 Å². The fourth-order valence-corrected chi connectivity index (χ4v) is 7.72. The van der Waals surface area contributed by atoms with E-state index in [1.165, 1.54) is 27.7 Å². The molecule has 3 amide bonds. The fourth-order valence-electron chi connectivity index (χ4n) is 6.24. The second-order valence-corrected chi connectivity index (χ2v) is 12.1. The number of amides is 3. The lowest BCUT2D eigenvalue weighted by atomic mass is 9.78. The molecule has 0 aromatic carbocycles. The van der Waals surface area contributed by atoms with E-state index in [4.69, 9.17) is 5.73 Å². The molecule has 6 atom stereocenters. The molecule has 16 heteroatoms. The lowest BCUT2D eigenvalue weighted by Gasteiger charge is -2.47. The van der Waals surface area contributed by atoms with Gasteiger partial charge in [0.05, 0.1) is 18.0 Å². The topological polar surface area (TPSA) is 192 Å². The lowest BCUT2D eigenvalue weighted by molar-refractivity contribution is -0.158. The van der Waals surface area contributed by atoms with Gasteiger partial charge in [0.2, 0.25) is 17.7 Å². The zero-order valence-electron chi connectivity index (χ0n) is 22.6. The number of aromatic nitrogens is 4. The first-order valence-electron chi connectivity index (χ1n) is 13.6. The van der Waals surface area contributed by atoms with Crippen molar-refractivity contribution in [3.8, 4) is 0 Å². The van der Waals surface area contributed by atoms with E-state index in [1.54, 1.807) is 6.92 Å². The molecule has 1 aromatic rings. The Morgan fingerprint density at radius 2 is 2.02 bits per heavy atom. The number of nitrogens with zero attached hydrogens (tertiary/aromatic N) is 7. The number of β-lactam (4-membered cyclic amide) rings is 1. The summed E-state index contributed by atoms with van der Waals surface area (Å²) in [6.45, 7) is 8.56. The van der Waals surface area contributed by atoms with Crippen molar-refractivity contribution in [1.82, 2.24) is 45.5 Å². The largest absolute Gasteiger partial charge is 0.477 e. The summed E-state index contributed by atoms with van der Waals surface area (Å²) in [5.41, 5.74) is 5.66. The third-order valence-electron chi connectivity index (χ3n) is 8.23. The van der Waals surface area contributed by atoms with Crippen LogP contribution in [0.4, 0.5) is 0 Å². The Morgan fingerprint density at radius 1 is 1.27 bits per heavy atom. The van der Waals surface area contributed by atoms with Gasteiger partial charge in [-0.15, -0.1) is 16.9 Å². The third-order valence-corrected chi connectivity index (χ3v) is 9.74. The minimum Gasteiger partial charge on any atom is -0.477 e. The molecule has 4 aliphatic rings. The number of nitrogens with two attached hydrogens (primary N) is 1. The number of hydrogen-bond donors (Lipinski definition) is 4. The number of thioether (sulfide) groups is 1. The lowest BCUT2D eigenvalue weighted by Crippen LogP contribution is -2.66. The summed E-state index contributed by atoms with van der Waals surface area (Å²) in [4.78, 5) is 57.2. The van der Waals surface area contributed by atoms with Gasteiger partial charge in [-0.2, -0.15) is 0 Å². The van der Waals surface area contributed by atoms with Crippen molar-refractivity contribution in [2.24, 2.45) is 17.6 Å². The predicted molar refractivity (Wildman–Crippen MR) is 143 cm³/mol. The van der Waals surface area contributed by atoms with Crippen LogP contribution in [0.5, 0.6) is 0 Å². The van der Waals surface area contributed by atoms with Crippen LogP contribution in [0.3, 0.4) is 0 Å². The molecule has 218 valence electrons. The maximum atomic E-state index is 13.2. The Labute approximate surface area is 235 Å². The standard InChI is InChI=1S/C24H36N10O5S/c1-13-19-18(14(2)28-17(35)11-33-12-27-29-30-33)23(37)34(19)20(24(38)39)21(13)40-15-9-16(26-10-15)22(36)32-7-5-31(4-3-25)6-8-32/h12-16,18-19,26H,3-11,25H2,1-2H3,(H,28,35)(H,38,39)/t13-,14-,15+,16+,18-,19-/m1/s1. The van der Waals surface area contributed by atoms with E-state index >= 15 is 0 Å². The van der Waals surface area contributed by atoms with Crippen LogP contribution in [0.25, 0.3) is 0 Å². The summed E-state index contributed by atoms with van der Waals surface area (Å²) in [6.07, 6.45) is 1.91. The van der Waals surface area contributed by atoms with Gasteiger partial charge in [0.25, 0.3) is 0 Å². The molecule has 1 aromatic heterocycles. The van der Waals surface area contributed by atoms with Gasteiger partial charge in [-0.25, -0.2) is 9.48 Å². The van der Waals surface area contributed by atoms with Gasteiger partial charge in [0.15, 0.2) is 0 Å². The SMILES string of the molecule is C[C@@H](NC(=O)Cn1cnnn1)[C@H]1C(=O)N2C(C(=O)O)=C(S[C@@H]3CN[C@H](C(=O)N4CCN(CCN)CC4)C3)[C@H](C)[C@H]12. The van der Waals surface area contributed by atoms with Gasteiger partial charge < -0.3 is 31.3 Å². The molecular weight excluding hydrogens is 540 g/mol. The van der Waals surface area contributed by atoms with Crippen molar-refractivity contribution in [3.63, 3.8) is 0 Å². The van der Waals surface area contributed by atoms with Crippen LogP contribution in [-0.2, 0) is 25.7 Å². The molecule has 4 aliphatic heterocycles. The molecule has 0 spiro atoms. The van der Waals surface area contributed by atoms with Gasteiger partial charge >= 0.3 is 5.97 Å². The van der Waals surface area contributed by atoms with E-state index in [9.17, 15) is 24.3 Å². The Bertz CT molecular complexity index is 1170. The number of tetrazole rings is 1. The average Bonchev–Trinajstić information content (AvgIpc) is 3.65. The fraction of sp³-hybridized carbons (Fsp3) is 0.708. The Hall–Kier alpha value is -3.08. The van der Waals surface area contributed by atoms with Crippen LogP contribution >= 0.6 is 11.8 Å². The summed E-state index contributed by atoms with van der Waals surface area (Å²) in [6, 6.07) is -1.17. The number of hydrogen-bond acceptors (Lipinski definition) is 11. The van der Waals surface area contributed by atoms with Crippen molar-refractivity contribution >= 4 is 35.5 Å². The number of piperazine rings is 1. The highest BCUT2D eigenvalue weighted by Crippen LogP contribution is 2.51. The van der Waals surface area contributed by atoms with E-state index in [1.807, 2.05) is 11.8 Å². The maximum absolute atomic E-state index is 13.2. The Kier molecular flexibility index (Phi) is 8.39. The smallest absolute Gasteiger partial charge is 0.353 e. The summed E-state index contributed by atoms with van der Waals surface area (Å²) in [5, 5.41) is 26.9. The first kappa shape index (κ1) is 28.4. The molecule has 15 nitrogen and oxygen atoms in total. The zero-order chi connectivity index (χ0) is 28.6. The minimum absolute atomic E-state index is 0.0000490. The summed E-state index contributed by atoms with van der Waals surface area (Å²) >= 11 is 1.45. The molecule has 0 radical (unpaired) electrons. The number of nitrogens with one attached hydrogen (secondary N) is 2. The third kappa shape index (κ3) is 5.44. The van der Waals surface area contributed by atoms with Crippen molar-refractivity contribution in [2.45, 2.75) is 50.2 Å². The van der Waals surface area contributed by atoms with Crippen LogP contribution < -0.4 is 16.4 Å². The van der Waals surface area contributed by atoms with Gasteiger partial charge in [-0.3, -0.25) is 19.3 Å². The molecule has 0 saturated carbocycles. The Balaban J connectivity index is 1.19. The number of carbonyl (C=O) groups excluding carboxylic acids is 3. The molecule has 5 N–H and O–H groups in total. The number of carboxylic acids is 1. The van der Waals surface area contributed by atoms with E-state index in [0.717, 1.165) is 19.6 Å². The summed E-state index contributed by atoms with van der Waals surface area (Å²) in [5.74, 6) is -2.49. The highest BCUT2D eigenvalue weighted by molar-refractivity contribution is 8.03. The van der Waals surface area contributed by atoms with Crippen LogP contribution in [0.15, 0.2) is 16.9 Å². The second kappa shape index (κ2) is 11.8. The molecule has 5 rings (SSSR count). The highest BCUT2D eigenvalue weighted by Gasteiger charge is 2.60. The molecule has 3 fully saturated rings. The second-order valence-electron chi connectivity index (χ2n) is 10.8. The monoisotopic (exact) mass is 576 g/mol. The normalized spacial score (nSPS) is 29.4. The molecule has 0 unspecified atom stereocenters. The van der Waals surface area contributed by atoms with E-state index in [2.05, 4.69) is 31.1 Å². The number of rotatable bonds is 10. The Morgan fingerprint density at radius 3 is 2.67 bits per heavy atom. The van der Waals surface area contributed by atoms with Gasteiger partial charge in [0, 0.05) is 67.9 Å². The minimum atomic E-state index is -1.15. The number of fused-ring (bicyclic) bond motifs is 1. The highest BCUT2D eigenvalue weighted by atomic mass is 32.2. The number of carbonyl (C=O) groups is 4. The van der Waals surface area contributed by atoms with Crippen molar-refractivity contribution in [2.75, 3.05) is 45.8 Å². The summed E-state index contributed by atoms with van der Waals surface area (Å²) < 4.78 is 1.28. The quantitative estimate of drug-likeness (QED) is 0.215. The predicted octanol–water partition coefficient (Wildman–Crippen LogP) is -2.48. The number of carboxylic acid groups (broad SMARTS) is 1. The summed E-state index contributed by atoms with van der Waals surface area (Å²) in [7, 11) is 0. The van der Waals surface area contributed by atoms with Crippen molar-refractivity contribution in [1.29, 1.82) is 0 Å². The first-order chi connectivity index (χ1) is 19.2. The molecule has 0 bridgehead atoms. The van der Waals surface area contributed by atoms with Gasteiger partial charge in [0.1, 0.15) is 18.6 Å².